The lowest BCUT2D eigenvalue weighted by Crippen LogP contribution is -2.21. The normalized spacial score (nSPS) is 17.1. The first-order valence-electron chi connectivity index (χ1n) is 6.12. The van der Waals surface area contributed by atoms with Crippen LogP contribution in [0.25, 0.3) is 11.1 Å². The van der Waals surface area contributed by atoms with Crippen molar-refractivity contribution >= 4 is 17.0 Å². The van der Waals surface area contributed by atoms with Crippen LogP contribution in [0.2, 0.25) is 0 Å². The molecule has 92 valence electrons. The van der Waals surface area contributed by atoms with Gasteiger partial charge >= 0.3 is 0 Å². The zero-order chi connectivity index (χ0) is 12.9. The van der Waals surface area contributed by atoms with Gasteiger partial charge in [-0.1, -0.05) is 26.5 Å². The highest BCUT2D eigenvalue weighted by Gasteiger charge is 2.37. The zero-order valence-corrected chi connectivity index (χ0v) is 11.8. The number of thiophene rings is 1. The monoisotopic (exact) mass is 255 g/mol. The Morgan fingerprint density at radius 2 is 1.94 bits per heavy atom. The fourth-order valence-electron chi connectivity index (χ4n) is 2.66. The summed E-state index contributed by atoms with van der Waals surface area (Å²) in [5, 5.41) is 4.32. The van der Waals surface area contributed by atoms with Crippen LogP contribution in [0.3, 0.4) is 0 Å². The van der Waals surface area contributed by atoms with E-state index in [0.29, 0.717) is 0 Å². The van der Waals surface area contributed by atoms with Gasteiger partial charge in [-0.05, 0) is 45.6 Å². The Balaban J connectivity index is 2.18. The van der Waals surface area contributed by atoms with Crippen molar-refractivity contribution in [3.63, 3.8) is 0 Å². The van der Waals surface area contributed by atoms with Crippen molar-refractivity contribution in [2.75, 3.05) is 11.9 Å². The number of fused-ring (bicyclic) bond motifs is 1. The number of allylic oxidation sites excluding steroid dienone is 1. The summed E-state index contributed by atoms with van der Waals surface area (Å²) in [6, 6.07) is 8.90. The first-order chi connectivity index (χ1) is 8.51. The Hall–Kier alpha value is -1.54. The maximum Gasteiger partial charge on any atom is 0.0448 e. The van der Waals surface area contributed by atoms with Gasteiger partial charge in [-0.2, -0.15) is 11.3 Å². The van der Waals surface area contributed by atoms with E-state index in [1.54, 1.807) is 11.3 Å². The molecule has 0 atom stereocenters. The Labute approximate surface area is 112 Å². The largest absolute Gasteiger partial charge is 0.348 e. The minimum Gasteiger partial charge on any atom is -0.348 e. The third-order valence-corrected chi connectivity index (χ3v) is 4.70. The molecule has 1 aliphatic heterocycles. The summed E-state index contributed by atoms with van der Waals surface area (Å²) < 4.78 is 0. The maximum absolute atomic E-state index is 4.22. The molecule has 0 N–H and O–H groups in total. The second kappa shape index (κ2) is 3.72. The minimum atomic E-state index is 0.0239. The molecule has 0 unspecified atom stereocenters. The smallest absolute Gasteiger partial charge is 0.0448 e. The van der Waals surface area contributed by atoms with E-state index in [4.69, 9.17) is 0 Å². The molecule has 0 amide bonds. The number of rotatable bonds is 1. The molecule has 0 spiro atoms. The van der Waals surface area contributed by atoms with Crippen molar-refractivity contribution in [2.45, 2.75) is 19.3 Å². The molecule has 1 nitrogen and oxygen atoms in total. The van der Waals surface area contributed by atoms with E-state index < -0.39 is 0 Å². The summed E-state index contributed by atoms with van der Waals surface area (Å²) in [5.74, 6) is 0. The van der Waals surface area contributed by atoms with Crippen LogP contribution in [-0.2, 0) is 5.41 Å². The molecular formula is C16H17NS. The van der Waals surface area contributed by atoms with Crippen molar-refractivity contribution in [3.8, 4) is 11.1 Å². The van der Waals surface area contributed by atoms with Crippen LogP contribution in [0.15, 0.2) is 47.3 Å². The van der Waals surface area contributed by atoms with Crippen molar-refractivity contribution in [1.82, 2.24) is 0 Å². The summed E-state index contributed by atoms with van der Waals surface area (Å²) in [4.78, 5) is 2.20. The minimum absolute atomic E-state index is 0.0239. The van der Waals surface area contributed by atoms with Gasteiger partial charge in [0.1, 0.15) is 0 Å². The van der Waals surface area contributed by atoms with Gasteiger partial charge in [0.2, 0.25) is 0 Å². The summed E-state index contributed by atoms with van der Waals surface area (Å²) in [6.45, 7) is 8.71. The van der Waals surface area contributed by atoms with Crippen LogP contribution in [0.1, 0.15) is 19.4 Å². The molecule has 1 aromatic heterocycles. The Morgan fingerprint density at radius 3 is 2.61 bits per heavy atom. The molecule has 1 aliphatic rings. The SMILES string of the molecule is C=C1N(C)c2ccc(-c3ccsc3)cc2C1(C)C. The average Bonchev–Trinajstić information content (AvgIpc) is 2.94. The molecule has 2 heteroatoms. The summed E-state index contributed by atoms with van der Waals surface area (Å²) in [6.07, 6.45) is 0. The first kappa shape index (κ1) is 11.5. The molecule has 0 aliphatic carbocycles. The molecule has 2 heterocycles. The van der Waals surface area contributed by atoms with Crippen molar-refractivity contribution in [1.29, 1.82) is 0 Å². The second-order valence-corrected chi connectivity index (χ2v) is 6.15. The Bertz CT molecular complexity index is 608. The van der Waals surface area contributed by atoms with E-state index in [1.165, 1.54) is 28.1 Å². The lowest BCUT2D eigenvalue weighted by atomic mass is 9.83. The van der Waals surface area contributed by atoms with Crippen molar-refractivity contribution in [2.24, 2.45) is 0 Å². The quantitative estimate of drug-likeness (QED) is 0.716. The highest BCUT2D eigenvalue weighted by Crippen LogP contribution is 2.47. The van der Waals surface area contributed by atoms with Crippen LogP contribution in [0, 0.1) is 0 Å². The fourth-order valence-corrected chi connectivity index (χ4v) is 3.32. The number of anilines is 1. The van der Waals surface area contributed by atoms with E-state index in [9.17, 15) is 0 Å². The van der Waals surface area contributed by atoms with Gasteiger partial charge in [-0.15, -0.1) is 0 Å². The number of hydrogen-bond acceptors (Lipinski definition) is 2. The molecule has 3 rings (SSSR count). The third-order valence-electron chi connectivity index (χ3n) is 4.01. The summed E-state index contributed by atoms with van der Waals surface area (Å²) >= 11 is 1.74. The molecular weight excluding hydrogens is 238 g/mol. The van der Waals surface area contributed by atoms with Gasteiger partial charge in [0.05, 0.1) is 0 Å². The number of benzene rings is 1. The van der Waals surface area contributed by atoms with Gasteiger partial charge in [0.15, 0.2) is 0 Å². The number of hydrogen-bond donors (Lipinski definition) is 0. The van der Waals surface area contributed by atoms with E-state index in [-0.39, 0.29) is 5.41 Å². The molecule has 0 saturated heterocycles. The van der Waals surface area contributed by atoms with Gasteiger partial charge < -0.3 is 4.90 Å². The third kappa shape index (κ3) is 1.45. The fraction of sp³-hybridized carbons (Fsp3) is 0.250. The Kier molecular flexibility index (Phi) is 2.39. The van der Waals surface area contributed by atoms with Gasteiger partial charge in [0.25, 0.3) is 0 Å². The van der Waals surface area contributed by atoms with Crippen molar-refractivity contribution < 1.29 is 0 Å². The molecule has 0 bridgehead atoms. The molecule has 0 saturated carbocycles. The Morgan fingerprint density at radius 1 is 1.17 bits per heavy atom. The van der Waals surface area contributed by atoms with Gasteiger partial charge in [0, 0.05) is 23.8 Å². The predicted octanol–water partition coefficient (Wildman–Crippen LogP) is 4.66. The predicted molar refractivity (Wildman–Crippen MR) is 80.3 cm³/mol. The van der Waals surface area contributed by atoms with E-state index >= 15 is 0 Å². The van der Waals surface area contributed by atoms with Crippen LogP contribution in [0.5, 0.6) is 0 Å². The molecule has 0 fully saturated rings. The van der Waals surface area contributed by atoms with Crippen LogP contribution >= 0.6 is 11.3 Å². The zero-order valence-electron chi connectivity index (χ0n) is 11.0. The number of nitrogens with zero attached hydrogens (tertiary/aromatic N) is 1. The molecule has 2 aromatic rings. The molecule has 1 aromatic carbocycles. The molecule has 0 radical (unpaired) electrons. The number of likely N-dealkylation sites (N-methyl/N-ethyl adjacent to an activating group) is 1. The lowest BCUT2D eigenvalue weighted by molar-refractivity contribution is 0.643. The van der Waals surface area contributed by atoms with Crippen LogP contribution in [-0.4, -0.2) is 7.05 Å². The van der Waals surface area contributed by atoms with Gasteiger partial charge in [-0.25, -0.2) is 0 Å². The highest BCUT2D eigenvalue weighted by molar-refractivity contribution is 7.08. The van der Waals surface area contributed by atoms with E-state index in [0.717, 1.165) is 0 Å². The lowest BCUT2D eigenvalue weighted by Gasteiger charge is -2.22. The highest BCUT2D eigenvalue weighted by atomic mass is 32.1. The molecule has 18 heavy (non-hydrogen) atoms. The van der Waals surface area contributed by atoms with E-state index in [2.05, 4.69) is 67.4 Å². The topological polar surface area (TPSA) is 3.24 Å². The average molecular weight is 255 g/mol. The van der Waals surface area contributed by atoms with Crippen LogP contribution < -0.4 is 4.90 Å². The maximum atomic E-state index is 4.22. The second-order valence-electron chi connectivity index (χ2n) is 5.37. The van der Waals surface area contributed by atoms with Crippen LogP contribution in [0.4, 0.5) is 5.69 Å². The van der Waals surface area contributed by atoms with Crippen molar-refractivity contribution in [3.05, 3.63) is 52.9 Å². The first-order valence-corrected chi connectivity index (χ1v) is 7.06. The standard InChI is InChI=1S/C16H17NS/c1-11-16(2,3)14-9-12(13-7-8-18-10-13)5-6-15(14)17(11)4/h5-10H,1H2,2-4H3. The van der Waals surface area contributed by atoms with E-state index in [1.807, 2.05) is 0 Å². The summed E-state index contributed by atoms with van der Waals surface area (Å²) in [7, 11) is 2.10. The summed E-state index contributed by atoms with van der Waals surface area (Å²) in [5.41, 5.74) is 6.45. The van der Waals surface area contributed by atoms with Gasteiger partial charge in [-0.3, -0.25) is 0 Å².